The van der Waals surface area contributed by atoms with Crippen LogP contribution < -0.4 is 0 Å². The van der Waals surface area contributed by atoms with Crippen molar-refractivity contribution in [3.63, 3.8) is 0 Å². The fraction of sp³-hybridized carbons (Fsp3) is 0.250. The number of fused-ring (bicyclic) bond motifs is 1. The molecule has 1 aromatic carbocycles. The summed E-state index contributed by atoms with van der Waals surface area (Å²) in [4.78, 5) is 4.48. The predicted molar refractivity (Wildman–Crippen MR) is 56.1 cm³/mol. The monoisotopic (exact) mass is 171 g/mol. The van der Waals surface area contributed by atoms with Gasteiger partial charge in [0, 0.05) is 5.56 Å². The van der Waals surface area contributed by atoms with Crippen LogP contribution in [0.2, 0.25) is 0 Å². The van der Waals surface area contributed by atoms with Crippen LogP contribution in [-0.2, 0) is 6.54 Å². The largest absolute Gasteiger partial charge is 0.280 e. The molecule has 1 heteroatoms. The third-order valence-electron chi connectivity index (χ3n) is 2.14. The van der Waals surface area contributed by atoms with E-state index in [9.17, 15) is 0 Å². The van der Waals surface area contributed by atoms with Crippen LogP contribution >= 0.6 is 0 Å². The van der Waals surface area contributed by atoms with Crippen molar-refractivity contribution >= 4 is 5.71 Å². The minimum absolute atomic E-state index is 0.843. The van der Waals surface area contributed by atoms with Gasteiger partial charge in [-0.3, -0.25) is 4.99 Å². The van der Waals surface area contributed by atoms with Gasteiger partial charge in [-0.25, -0.2) is 0 Å². The van der Waals surface area contributed by atoms with Crippen LogP contribution in [0.15, 0.2) is 40.9 Å². The van der Waals surface area contributed by atoms with E-state index in [1.54, 1.807) is 0 Å². The Labute approximate surface area is 78.8 Å². The first kappa shape index (κ1) is 8.24. The van der Waals surface area contributed by atoms with E-state index in [-0.39, 0.29) is 0 Å². The summed E-state index contributed by atoms with van der Waals surface area (Å²) in [7, 11) is 0. The minimum Gasteiger partial charge on any atom is -0.280 e. The molecule has 0 aliphatic carbocycles. The molecule has 1 aliphatic rings. The number of aliphatic imine (C=N–C) groups is 1. The smallest absolute Gasteiger partial charge is 0.0653 e. The molecule has 13 heavy (non-hydrogen) atoms. The van der Waals surface area contributed by atoms with E-state index < -0.39 is 0 Å². The lowest BCUT2D eigenvalue weighted by Gasteiger charge is -1.98. The number of hydrogen-bond acceptors (Lipinski definition) is 1. The molecule has 1 aromatic rings. The van der Waals surface area contributed by atoms with Gasteiger partial charge in [-0.1, -0.05) is 29.8 Å². The van der Waals surface area contributed by atoms with Crippen LogP contribution in [0.4, 0.5) is 0 Å². The summed E-state index contributed by atoms with van der Waals surface area (Å²) in [6.07, 6.45) is 2.14. The summed E-state index contributed by atoms with van der Waals surface area (Å²) >= 11 is 0. The second-order valence-electron chi connectivity index (χ2n) is 3.58. The Hall–Kier alpha value is -1.37. The van der Waals surface area contributed by atoms with Gasteiger partial charge < -0.3 is 0 Å². The van der Waals surface area contributed by atoms with Crippen LogP contribution in [0, 0.1) is 0 Å². The topological polar surface area (TPSA) is 12.4 Å². The second kappa shape index (κ2) is 3.17. The van der Waals surface area contributed by atoms with E-state index in [4.69, 9.17) is 0 Å². The molecule has 0 aromatic heterocycles. The molecule has 0 amide bonds. The van der Waals surface area contributed by atoms with E-state index in [0.717, 1.165) is 12.3 Å². The van der Waals surface area contributed by atoms with Gasteiger partial charge in [-0.15, -0.1) is 0 Å². The Kier molecular flexibility index (Phi) is 2.01. The number of nitrogens with zero attached hydrogens (tertiary/aromatic N) is 1. The summed E-state index contributed by atoms with van der Waals surface area (Å²) in [5.41, 5.74) is 5.07. The van der Waals surface area contributed by atoms with Gasteiger partial charge in [0.2, 0.25) is 0 Å². The molecule has 1 aliphatic heterocycles. The molecule has 0 atom stereocenters. The molecular formula is C12H13N. The quantitative estimate of drug-likeness (QED) is 0.616. The molecule has 0 bridgehead atoms. The normalized spacial score (nSPS) is 13.5. The van der Waals surface area contributed by atoms with Crippen molar-refractivity contribution in [2.45, 2.75) is 20.4 Å². The Morgan fingerprint density at radius 1 is 1.31 bits per heavy atom. The van der Waals surface area contributed by atoms with Gasteiger partial charge in [-0.2, -0.15) is 0 Å². The van der Waals surface area contributed by atoms with Gasteiger partial charge in [0.15, 0.2) is 0 Å². The molecule has 0 unspecified atom stereocenters. The predicted octanol–water partition coefficient (Wildman–Crippen LogP) is 2.96. The molecule has 66 valence electrons. The highest BCUT2D eigenvalue weighted by Gasteiger charge is 2.11. The Morgan fingerprint density at radius 2 is 2.08 bits per heavy atom. The van der Waals surface area contributed by atoms with Crippen LogP contribution in [-0.4, -0.2) is 5.71 Å². The van der Waals surface area contributed by atoms with Gasteiger partial charge >= 0.3 is 0 Å². The molecule has 1 heterocycles. The van der Waals surface area contributed by atoms with Gasteiger partial charge in [0.05, 0.1) is 12.3 Å². The Bertz CT molecular complexity index is 382. The molecule has 0 spiro atoms. The van der Waals surface area contributed by atoms with Crippen molar-refractivity contribution in [1.29, 1.82) is 0 Å². The highest BCUT2D eigenvalue weighted by molar-refractivity contribution is 6.11. The van der Waals surface area contributed by atoms with Crippen molar-refractivity contribution in [2.24, 2.45) is 4.99 Å². The maximum absolute atomic E-state index is 4.48. The van der Waals surface area contributed by atoms with Crippen LogP contribution in [0.3, 0.4) is 0 Å². The maximum Gasteiger partial charge on any atom is 0.0653 e. The van der Waals surface area contributed by atoms with Crippen LogP contribution in [0.5, 0.6) is 0 Å². The van der Waals surface area contributed by atoms with Gasteiger partial charge in [0.25, 0.3) is 0 Å². The maximum atomic E-state index is 4.48. The number of allylic oxidation sites excluding steroid dienone is 2. The molecule has 2 rings (SSSR count). The van der Waals surface area contributed by atoms with E-state index in [1.807, 2.05) is 0 Å². The highest BCUT2D eigenvalue weighted by Crippen LogP contribution is 2.19. The SMILES string of the molecule is CC(C)=CC1=NCc2ccccc21. The third kappa shape index (κ3) is 1.55. The van der Waals surface area contributed by atoms with Crippen molar-refractivity contribution in [1.82, 2.24) is 0 Å². The minimum atomic E-state index is 0.843. The van der Waals surface area contributed by atoms with Gasteiger partial charge in [-0.05, 0) is 25.5 Å². The van der Waals surface area contributed by atoms with Crippen molar-refractivity contribution in [2.75, 3.05) is 0 Å². The molecule has 0 saturated carbocycles. The van der Waals surface area contributed by atoms with Crippen LogP contribution in [0.25, 0.3) is 0 Å². The van der Waals surface area contributed by atoms with E-state index in [1.165, 1.54) is 16.7 Å². The lowest BCUT2D eigenvalue weighted by Crippen LogP contribution is -1.93. The van der Waals surface area contributed by atoms with Gasteiger partial charge in [0.1, 0.15) is 0 Å². The summed E-state index contributed by atoms with van der Waals surface area (Å²) in [6.45, 7) is 5.04. The zero-order chi connectivity index (χ0) is 9.26. The summed E-state index contributed by atoms with van der Waals surface area (Å²) in [5.74, 6) is 0. The molecule has 0 saturated heterocycles. The summed E-state index contributed by atoms with van der Waals surface area (Å²) in [5, 5.41) is 0. The summed E-state index contributed by atoms with van der Waals surface area (Å²) in [6, 6.07) is 8.42. The second-order valence-corrected chi connectivity index (χ2v) is 3.58. The standard InChI is InChI=1S/C12H13N/c1-9(2)7-12-11-6-4-3-5-10(11)8-13-12/h3-7H,8H2,1-2H3. The Balaban J connectivity index is 2.42. The first-order valence-electron chi connectivity index (χ1n) is 4.55. The first-order chi connectivity index (χ1) is 6.27. The molecule has 0 radical (unpaired) electrons. The zero-order valence-corrected chi connectivity index (χ0v) is 8.04. The van der Waals surface area contributed by atoms with Crippen molar-refractivity contribution < 1.29 is 0 Å². The number of rotatable bonds is 1. The molecular weight excluding hydrogens is 158 g/mol. The van der Waals surface area contributed by atoms with E-state index >= 15 is 0 Å². The van der Waals surface area contributed by atoms with Crippen molar-refractivity contribution in [3.8, 4) is 0 Å². The number of hydrogen-bond donors (Lipinski definition) is 0. The van der Waals surface area contributed by atoms with E-state index in [2.05, 4.69) is 49.2 Å². The fourth-order valence-electron chi connectivity index (χ4n) is 1.56. The highest BCUT2D eigenvalue weighted by atomic mass is 14.8. The molecule has 1 nitrogen and oxygen atoms in total. The summed E-state index contributed by atoms with van der Waals surface area (Å²) < 4.78 is 0. The fourth-order valence-corrected chi connectivity index (χ4v) is 1.56. The third-order valence-corrected chi connectivity index (χ3v) is 2.14. The lowest BCUT2D eigenvalue weighted by molar-refractivity contribution is 1.11. The van der Waals surface area contributed by atoms with Crippen LogP contribution in [0.1, 0.15) is 25.0 Å². The zero-order valence-electron chi connectivity index (χ0n) is 8.04. The Morgan fingerprint density at radius 3 is 2.85 bits per heavy atom. The average molecular weight is 171 g/mol. The molecule has 0 fully saturated rings. The first-order valence-corrected chi connectivity index (χ1v) is 4.55. The van der Waals surface area contributed by atoms with Crippen molar-refractivity contribution in [3.05, 3.63) is 47.0 Å². The lowest BCUT2D eigenvalue weighted by atomic mass is 10.0. The average Bonchev–Trinajstić information content (AvgIpc) is 2.48. The van der Waals surface area contributed by atoms with E-state index in [0.29, 0.717) is 0 Å². The number of benzene rings is 1. The molecule has 0 N–H and O–H groups in total.